The van der Waals surface area contributed by atoms with Crippen LogP contribution in [0.15, 0.2) is 52.1 Å². The summed E-state index contributed by atoms with van der Waals surface area (Å²) in [7, 11) is -2.63. The van der Waals surface area contributed by atoms with Crippen LogP contribution in [0.5, 0.6) is 11.5 Å². The van der Waals surface area contributed by atoms with Crippen molar-refractivity contribution in [3.8, 4) is 11.5 Å². The highest BCUT2D eigenvalue weighted by atomic mass is 35.5. The van der Waals surface area contributed by atoms with E-state index in [1.807, 2.05) is 13.1 Å². The second kappa shape index (κ2) is 11.6. The van der Waals surface area contributed by atoms with Crippen LogP contribution in [0.4, 0.5) is 5.82 Å². The lowest BCUT2D eigenvalue weighted by Gasteiger charge is -2.13. The Hall–Kier alpha value is -3.32. The van der Waals surface area contributed by atoms with Crippen molar-refractivity contribution in [1.29, 1.82) is 0 Å². The maximum atomic E-state index is 13.3. The number of benzene rings is 2. The molecule has 2 aromatic heterocycles. The number of fused-ring (bicyclic) bond motifs is 1. The molecule has 13 heteroatoms. The molecule has 0 bridgehead atoms. The molecule has 194 valence electrons. The van der Waals surface area contributed by atoms with Gasteiger partial charge in [-0.1, -0.05) is 18.1 Å². The molecular formula is C23H28ClN5O6S. The summed E-state index contributed by atoms with van der Waals surface area (Å²) in [5.41, 5.74) is 8.54. The number of sulfonamides is 1. The Morgan fingerprint density at radius 3 is 2.64 bits per heavy atom. The second-order valence-electron chi connectivity index (χ2n) is 7.76. The molecule has 0 unspecified atom stereocenters. The first kappa shape index (κ1) is 27.3. The Balaban J connectivity index is 0.00000361. The molecule has 0 aliphatic heterocycles. The van der Waals surface area contributed by atoms with E-state index in [0.717, 1.165) is 16.7 Å². The van der Waals surface area contributed by atoms with Crippen molar-refractivity contribution < 1.29 is 27.5 Å². The number of nitrogens with one attached hydrogen (secondary N) is 1. The van der Waals surface area contributed by atoms with Gasteiger partial charge in [0.1, 0.15) is 28.4 Å². The fourth-order valence-corrected chi connectivity index (χ4v) is 4.84. The number of rotatable bonds is 11. The van der Waals surface area contributed by atoms with Crippen molar-refractivity contribution in [2.24, 2.45) is 5.73 Å². The largest absolute Gasteiger partial charge is 0.496 e. The maximum absolute atomic E-state index is 13.3. The van der Waals surface area contributed by atoms with Gasteiger partial charge in [-0.2, -0.15) is 5.10 Å². The molecule has 0 radical (unpaired) electrons. The third-order valence-electron chi connectivity index (χ3n) is 5.37. The van der Waals surface area contributed by atoms with Crippen LogP contribution in [0, 0.1) is 0 Å². The Kier molecular flexibility index (Phi) is 8.79. The molecule has 36 heavy (non-hydrogen) atoms. The number of hydrogen-bond donors (Lipinski definition) is 3. The quantitative estimate of drug-likeness (QED) is 0.262. The van der Waals surface area contributed by atoms with Crippen molar-refractivity contribution in [1.82, 2.24) is 14.9 Å². The van der Waals surface area contributed by atoms with Gasteiger partial charge >= 0.3 is 0 Å². The van der Waals surface area contributed by atoms with E-state index in [-0.39, 0.29) is 42.1 Å². The van der Waals surface area contributed by atoms with Gasteiger partial charge in [0.2, 0.25) is 0 Å². The minimum absolute atomic E-state index is 0. The van der Waals surface area contributed by atoms with Crippen LogP contribution < -0.4 is 19.9 Å². The topological polar surface area (TPSA) is 155 Å². The molecule has 0 aliphatic rings. The third-order valence-corrected chi connectivity index (χ3v) is 6.73. The normalized spacial score (nSPS) is 11.3. The summed E-state index contributed by atoms with van der Waals surface area (Å²) in [5, 5.41) is 17.7. The predicted octanol–water partition coefficient (Wildman–Crippen LogP) is 2.70. The van der Waals surface area contributed by atoms with Gasteiger partial charge in [-0.25, -0.2) is 8.42 Å². The van der Waals surface area contributed by atoms with Gasteiger partial charge in [-0.3, -0.25) is 9.40 Å². The zero-order valence-electron chi connectivity index (χ0n) is 19.8. The summed E-state index contributed by atoms with van der Waals surface area (Å²) < 4.78 is 47.3. The first-order valence-corrected chi connectivity index (χ1v) is 12.4. The van der Waals surface area contributed by atoms with Crippen LogP contribution >= 0.6 is 12.4 Å². The van der Waals surface area contributed by atoms with E-state index in [0.29, 0.717) is 36.2 Å². The van der Waals surface area contributed by atoms with E-state index in [9.17, 15) is 8.42 Å². The number of aliphatic hydroxyl groups is 1. The molecule has 0 fully saturated rings. The van der Waals surface area contributed by atoms with Crippen LogP contribution in [-0.4, -0.2) is 48.8 Å². The molecule has 0 atom stereocenters. The molecule has 0 aliphatic carbocycles. The van der Waals surface area contributed by atoms with Crippen molar-refractivity contribution >= 4 is 39.2 Å². The summed E-state index contributed by atoms with van der Waals surface area (Å²) in [4.78, 5) is -0.0635. The Morgan fingerprint density at radius 1 is 1.17 bits per heavy atom. The highest BCUT2D eigenvalue weighted by Gasteiger charge is 2.25. The van der Waals surface area contributed by atoms with E-state index in [4.69, 9.17) is 24.8 Å². The van der Waals surface area contributed by atoms with E-state index in [2.05, 4.69) is 15.0 Å². The van der Waals surface area contributed by atoms with Gasteiger partial charge in [0.25, 0.3) is 10.0 Å². The van der Waals surface area contributed by atoms with Gasteiger partial charge in [-0.05, 0) is 41.8 Å². The molecule has 4 aromatic rings. The van der Waals surface area contributed by atoms with E-state index >= 15 is 0 Å². The second-order valence-corrected chi connectivity index (χ2v) is 9.42. The number of aliphatic hydroxyl groups excluding tert-OH is 1. The fraction of sp³-hybridized carbons (Fsp3) is 0.304. The summed E-state index contributed by atoms with van der Waals surface area (Å²) in [6.07, 6.45) is 4.18. The number of aromatic nitrogens is 3. The maximum Gasteiger partial charge on any atom is 0.266 e. The zero-order valence-corrected chi connectivity index (χ0v) is 21.4. The summed E-state index contributed by atoms with van der Waals surface area (Å²) in [6.45, 7) is 2.45. The van der Waals surface area contributed by atoms with Gasteiger partial charge in [0.05, 0.1) is 26.5 Å². The SMILES string of the molecule is CCc1ccc(OCCO)c(S(=O)(=O)Nc2noc3cc(Cn4cc(CN)cn4)cc(OC)c23)c1.Cl. The van der Waals surface area contributed by atoms with Crippen molar-refractivity contribution in [2.45, 2.75) is 31.3 Å². The molecular weight excluding hydrogens is 510 g/mol. The van der Waals surface area contributed by atoms with E-state index in [1.54, 1.807) is 35.1 Å². The Labute approximate surface area is 214 Å². The van der Waals surface area contributed by atoms with Gasteiger partial charge in [0.15, 0.2) is 11.4 Å². The number of halogens is 1. The number of methoxy groups -OCH3 is 1. The number of aryl methyl sites for hydroxylation is 1. The number of anilines is 1. The predicted molar refractivity (Wildman–Crippen MR) is 136 cm³/mol. The lowest BCUT2D eigenvalue weighted by Crippen LogP contribution is -2.16. The lowest BCUT2D eigenvalue weighted by atomic mass is 10.1. The molecule has 0 amide bonds. The van der Waals surface area contributed by atoms with Crippen LogP contribution in [-0.2, 0) is 29.5 Å². The first-order chi connectivity index (χ1) is 16.9. The third kappa shape index (κ3) is 5.73. The fourth-order valence-electron chi connectivity index (χ4n) is 3.64. The number of nitrogens with two attached hydrogens (primary N) is 1. The van der Waals surface area contributed by atoms with Crippen LogP contribution in [0.1, 0.15) is 23.6 Å². The van der Waals surface area contributed by atoms with Gasteiger partial charge < -0.3 is 24.8 Å². The Bertz CT molecular complexity index is 1440. The van der Waals surface area contributed by atoms with Crippen LogP contribution in [0.3, 0.4) is 0 Å². The molecule has 4 N–H and O–H groups in total. The molecule has 2 aromatic carbocycles. The van der Waals surface area contributed by atoms with E-state index < -0.39 is 10.0 Å². The molecule has 2 heterocycles. The molecule has 0 saturated carbocycles. The zero-order chi connectivity index (χ0) is 25.0. The molecule has 11 nitrogen and oxygen atoms in total. The van der Waals surface area contributed by atoms with Crippen molar-refractivity contribution in [2.75, 3.05) is 25.0 Å². The van der Waals surface area contributed by atoms with Crippen LogP contribution in [0.2, 0.25) is 0 Å². The van der Waals surface area contributed by atoms with Crippen molar-refractivity contribution in [3.63, 3.8) is 0 Å². The van der Waals surface area contributed by atoms with E-state index in [1.165, 1.54) is 13.2 Å². The highest BCUT2D eigenvalue weighted by Crippen LogP contribution is 2.36. The monoisotopic (exact) mass is 537 g/mol. The smallest absolute Gasteiger partial charge is 0.266 e. The van der Waals surface area contributed by atoms with Crippen molar-refractivity contribution in [3.05, 3.63) is 59.4 Å². The first-order valence-electron chi connectivity index (χ1n) is 11.0. The molecule has 0 spiro atoms. The highest BCUT2D eigenvalue weighted by molar-refractivity contribution is 7.92. The molecule has 0 saturated heterocycles. The summed E-state index contributed by atoms with van der Waals surface area (Å²) in [6, 6.07) is 8.40. The molecule has 4 rings (SSSR count). The lowest BCUT2D eigenvalue weighted by molar-refractivity contribution is 0.198. The number of nitrogens with zero attached hydrogens (tertiary/aromatic N) is 3. The summed E-state index contributed by atoms with van der Waals surface area (Å²) >= 11 is 0. The minimum Gasteiger partial charge on any atom is -0.496 e. The Morgan fingerprint density at radius 2 is 1.97 bits per heavy atom. The minimum atomic E-state index is -4.11. The van der Waals surface area contributed by atoms with Gasteiger partial charge in [0, 0.05) is 18.3 Å². The van der Waals surface area contributed by atoms with Crippen LogP contribution in [0.25, 0.3) is 11.0 Å². The van der Waals surface area contributed by atoms with Gasteiger partial charge in [-0.15, -0.1) is 12.4 Å². The summed E-state index contributed by atoms with van der Waals surface area (Å²) in [5.74, 6) is 0.506. The standard InChI is InChI=1S/C23H27N5O6S.ClH/c1-3-15-4-5-18(33-7-6-29)21(10-15)35(30,31)27-23-22-19(32-2)8-16(9-20(22)34-26-23)13-28-14-17(11-24)12-25-28;/h4-5,8-10,12,14,29H,3,6-7,11,13,24H2,1-2H3,(H,26,27);1H. The number of hydrogen-bond acceptors (Lipinski definition) is 9. The average molecular weight is 538 g/mol. The number of ether oxygens (including phenoxy) is 2. The average Bonchev–Trinajstić information content (AvgIpc) is 3.48.